The van der Waals surface area contributed by atoms with Crippen LogP contribution in [-0.4, -0.2) is 72.4 Å². The highest BCUT2D eigenvalue weighted by molar-refractivity contribution is 7.80. The van der Waals surface area contributed by atoms with Crippen LogP contribution >= 0.6 is 0 Å². The number of hydrogen-bond donors (Lipinski definition) is 4. The minimum absolute atomic E-state index is 0.0951. The fraction of sp³-hybridized carbons (Fsp3) is 0.750. The first-order valence-electron chi connectivity index (χ1n) is 7.54. The van der Waals surface area contributed by atoms with E-state index in [0.717, 1.165) is 0 Å². The second kappa shape index (κ2) is 5.95. The number of fused-ring (bicyclic) bond motifs is 2. The first-order chi connectivity index (χ1) is 11.2. The topological polar surface area (TPSA) is 152 Å². The molecule has 4 N–H and O–H groups in total. The van der Waals surface area contributed by atoms with Crippen LogP contribution in [0.3, 0.4) is 0 Å². The maximum Gasteiger partial charge on any atom is 0.418 e. The van der Waals surface area contributed by atoms with Crippen molar-refractivity contribution in [3.05, 3.63) is 0 Å². The van der Waals surface area contributed by atoms with Gasteiger partial charge < -0.3 is 15.5 Å². The minimum atomic E-state index is -4.80. The molecule has 1 saturated carbocycles. The lowest BCUT2D eigenvalue weighted by Gasteiger charge is -2.30. The van der Waals surface area contributed by atoms with Crippen LogP contribution in [0.15, 0.2) is 0 Å². The molecule has 3 aliphatic rings. The van der Waals surface area contributed by atoms with Crippen molar-refractivity contribution < 1.29 is 26.8 Å². The molecule has 0 aromatic carbocycles. The largest absolute Gasteiger partial charge is 0.418 e. The zero-order valence-corrected chi connectivity index (χ0v) is 13.7. The molecule has 24 heavy (non-hydrogen) atoms. The minimum Gasteiger partial charge on any atom is -0.316 e. The van der Waals surface area contributed by atoms with Crippen molar-refractivity contribution in [3.63, 3.8) is 0 Å². The van der Waals surface area contributed by atoms with E-state index >= 15 is 0 Å². The van der Waals surface area contributed by atoms with Gasteiger partial charge >= 0.3 is 16.4 Å². The van der Waals surface area contributed by atoms with Crippen LogP contribution in [0.5, 0.6) is 0 Å². The third kappa shape index (κ3) is 3.22. The molecule has 0 spiro atoms. The SMILES string of the molecule is CNC1CC1C(=O)NC(=N)C1CCC2CN1C(=O)N2OS(=O)(=O)O. The van der Waals surface area contributed by atoms with Gasteiger partial charge in [0.2, 0.25) is 5.91 Å². The lowest BCUT2D eigenvalue weighted by Crippen LogP contribution is -2.51. The van der Waals surface area contributed by atoms with Crippen LogP contribution in [0.2, 0.25) is 0 Å². The Morgan fingerprint density at radius 3 is 2.71 bits per heavy atom. The Bertz CT molecular complexity index is 681. The Morgan fingerprint density at radius 1 is 1.42 bits per heavy atom. The summed E-state index contributed by atoms with van der Waals surface area (Å²) in [5.74, 6) is -0.540. The van der Waals surface area contributed by atoms with E-state index in [1.807, 2.05) is 0 Å². The van der Waals surface area contributed by atoms with Gasteiger partial charge in [-0.1, -0.05) is 0 Å². The number of hydrogen-bond acceptors (Lipinski definition) is 7. The van der Waals surface area contributed by atoms with Gasteiger partial charge in [-0.15, -0.1) is 4.28 Å². The van der Waals surface area contributed by atoms with Crippen LogP contribution in [-0.2, 0) is 19.5 Å². The van der Waals surface area contributed by atoms with Crippen molar-refractivity contribution in [1.82, 2.24) is 20.6 Å². The lowest BCUT2D eigenvalue weighted by atomic mass is 10.00. The molecule has 2 bridgehead atoms. The standard InChI is InChI=1S/C12H19N5O6S/c1-14-8-4-7(8)11(18)15-10(13)9-3-2-6-5-16(9)12(19)17(6)23-24(20,21)22/h6-9,14H,2-5H2,1H3,(H2,13,15,18)(H,20,21,22). The van der Waals surface area contributed by atoms with Crippen LogP contribution < -0.4 is 10.6 Å². The summed E-state index contributed by atoms with van der Waals surface area (Å²) in [7, 11) is -3.04. The van der Waals surface area contributed by atoms with Gasteiger partial charge in [-0.25, -0.2) is 4.79 Å². The molecule has 11 nitrogen and oxygen atoms in total. The first kappa shape index (κ1) is 17.1. The number of urea groups is 1. The number of carbonyl (C=O) groups is 2. The summed E-state index contributed by atoms with van der Waals surface area (Å²) in [6.07, 6.45) is 1.49. The fourth-order valence-electron chi connectivity index (χ4n) is 3.24. The summed E-state index contributed by atoms with van der Waals surface area (Å²) in [5.41, 5.74) is 0. The molecule has 1 aliphatic carbocycles. The highest BCUT2D eigenvalue weighted by Gasteiger charge is 2.49. The van der Waals surface area contributed by atoms with Crippen LogP contribution in [0, 0.1) is 11.3 Å². The maximum absolute atomic E-state index is 12.2. The smallest absolute Gasteiger partial charge is 0.316 e. The molecule has 2 saturated heterocycles. The Labute approximate surface area is 138 Å². The molecule has 4 atom stereocenters. The Hall–Kier alpha value is -1.76. The lowest BCUT2D eigenvalue weighted by molar-refractivity contribution is -0.121. The normalized spacial score (nSPS) is 32.0. The van der Waals surface area contributed by atoms with Gasteiger partial charge in [0, 0.05) is 12.6 Å². The van der Waals surface area contributed by atoms with Gasteiger partial charge in [0.15, 0.2) is 0 Å². The van der Waals surface area contributed by atoms with E-state index in [0.29, 0.717) is 24.3 Å². The summed E-state index contributed by atoms with van der Waals surface area (Å²) in [4.78, 5) is 25.5. The molecule has 12 heteroatoms. The fourth-order valence-corrected chi connectivity index (χ4v) is 3.63. The Kier molecular flexibility index (Phi) is 4.23. The predicted octanol–water partition coefficient (Wildman–Crippen LogP) is -1.31. The molecule has 0 aromatic rings. The van der Waals surface area contributed by atoms with Crippen molar-refractivity contribution in [3.8, 4) is 0 Å². The van der Waals surface area contributed by atoms with Crippen LogP contribution in [0.25, 0.3) is 0 Å². The molecule has 0 aromatic heterocycles. The predicted molar refractivity (Wildman–Crippen MR) is 80.2 cm³/mol. The monoisotopic (exact) mass is 361 g/mol. The molecule has 0 radical (unpaired) electrons. The van der Waals surface area contributed by atoms with Gasteiger partial charge in [0.05, 0.1) is 18.0 Å². The molecule has 2 aliphatic heterocycles. The van der Waals surface area contributed by atoms with Crippen molar-refractivity contribution in [2.24, 2.45) is 5.92 Å². The second-order valence-corrected chi connectivity index (χ2v) is 7.15. The van der Waals surface area contributed by atoms with E-state index in [9.17, 15) is 18.0 Å². The first-order valence-corrected chi connectivity index (χ1v) is 8.91. The number of amidine groups is 1. The van der Waals surface area contributed by atoms with Gasteiger partial charge in [0.1, 0.15) is 5.84 Å². The second-order valence-electron chi connectivity index (χ2n) is 6.15. The van der Waals surface area contributed by atoms with E-state index in [1.165, 1.54) is 4.90 Å². The molecule has 3 amide bonds. The number of nitrogens with one attached hydrogen (secondary N) is 3. The number of hydroxylamine groups is 2. The molecule has 3 fully saturated rings. The number of carbonyl (C=O) groups excluding carboxylic acids is 2. The van der Waals surface area contributed by atoms with Gasteiger partial charge in [-0.3, -0.25) is 14.8 Å². The van der Waals surface area contributed by atoms with Crippen LogP contribution in [0.1, 0.15) is 19.3 Å². The summed E-state index contributed by atoms with van der Waals surface area (Å²) in [5, 5.41) is 14.2. The third-order valence-electron chi connectivity index (χ3n) is 4.59. The quantitative estimate of drug-likeness (QED) is 0.269. The van der Waals surface area contributed by atoms with Gasteiger partial charge in [0.25, 0.3) is 0 Å². The van der Waals surface area contributed by atoms with Crippen molar-refractivity contribution in [1.29, 1.82) is 5.41 Å². The van der Waals surface area contributed by atoms with E-state index in [4.69, 9.17) is 9.96 Å². The Morgan fingerprint density at radius 2 is 2.12 bits per heavy atom. The maximum atomic E-state index is 12.2. The zero-order chi connectivity index (χ0) is 17.6. The number of amides is 3. The van der Waals surface area contributed by atoms with E-state index in [1.54, 1.807) is 7.05 Å². The Balaban J connectivity index is 1.63. The molecular weight excluding hydrogens is 342 g/mol. The van der Waals surface area contributed by atoms with Gasteiger partial charge in [-0.2, -0.15) is 13.5 Å². The average molecular weight is 361 g/mol. The van der Waals surface area contributed by atoms with E-state index in [-0.39, 0.29) is 30.2 Å². The number of nitrogens with zero attached hydrogens (tertiary/aromatic N) is 2. The number of rotatable bonds is 5. The summed E-state index contributed by atoms with van der Waals surface area (Å²) in [6.45, 7) is 0.167. The third-order valence-corrected chi connectivity index (χ3v) is 4.94. The van der Waals surface area contributed by atoms with Gasteiger partial charge in [-0.05, 0) is 26.3 Å². The molecular formula is C12H19N5O6S. The van der Waals surface area contributed by atoms with Crippen molar-refractivity contribution >= 4 is 28.2 Å². The molecule has 3 rings (SSSR count). The molecule has 4 unspecified atom stereocenters. The molecule has 134 valence electrons. The van der Waals surface area contributed by atoms with Crippen molar-refractivity contribution in [2.75, 3.05) is 13.6 Å². The van der Waals surface area contributed by atoms with Crippen LogP contribution in [0.4, 0.5) is 4.79 Å². The van der Waals surface area contributed by atoms with Crippen molar-refractivity contribution in [2.45, 2.75) is 37.4 Å². The van der Waals surface area contributed by atoms with E-state index in [2.05, 4.69) is 14.9 Å². The summed E-state index contributed by atoms with van der Waals surface area (Å²) in [6, 6.07) is -1.81. The van der Waals surface area contributed by atoms with E-state index < -0.39 is 28.5 Å². The summed E-state index contributed by atoms with van der Waals surface area (Å²) >= 11 is 0. The highest BCUT2D eigenvalue weighted by atomic mass is 32.3. The average Bonchev–Trinajstić information content (AvgIpc) is 3.26. The number of piperidine rings is 1. The molecule has 2 heterocycles. The summed E-state index contributed by atoms with van der Waals surface area (Å²) < 4.78 is 34.8. The highest BCUT2D eigenvalue weighted by Crippen LogP contribution is 2.32. The zero-order valence-electron chi connectivity index (χ0n) is 12.9.